The third-order valence-electron chi connectivity index (χ3n) is 2.33. The third kappa shape index (κ3) is 14.2. The van der Waals surface area contributed by atoms with Crippen LogP contribution >= 0.6 is 31.9 Å². The van der Waals surface area contributed by atoms with Crippen molar-refractivity contribution >= 4 is 49.6 Å². The van der Waals surface area contributed by atoms with Crippen molar-refractivity contribution in [3.8, 4) is 0 Å². The van der Waals surface area contributed by atoms with Gasteiger partial charge in [0, 0.05) is 20.1 Å². The number of carboxylic acid groups (broad SMARTS) is 1. The van der Waals surface area contributed by atoms with E-state index in [1.165, 1.54) is 0 Å². The van der Waals surface area contributed by atoms with E-state index in [4.69, 9.17) is 10.2 Å². The number of carboxylic acids is 1. The van der Waals surface area contributed by atoms with E-state index in [2.05, 4.69) is 31.9 Å². The summed E-state index contributed by atoms with van der Waals surface area (Å²) in [6.45, 7) is 12.3. The summed E-state index contributed by atoms with van der Waals surface area (Å²) in [5.41, 5.74) is 0. The van der Waals surface area contributed by atoms with Crippen LogP contribution in [0.15, 0.2) is 8.96 Å². The molecule has 0 saturated heterocycles. The summed E-state index contributed by atoms with van der Waals surface area (Å²) in [7, 11) is 1.00. The summed E-state index contributed by atoms with van der Waals surface area (Å²) < 4.78 is 0.487. The van der Waals surface area contributed by atoms with E-state index in [0.29, 0.717) is 25.8 Å². The van der Waals surface area contributed by atoms with Gasteiger partial charge >= 0.3 is 5.97 Å². The average Bonchev–Trinajstić information content (AvgIpc) is 2.85. The summed E-state index contributed by atoms with van der Waals surface area (Å²) >= 11 is 6.07. The Bertz CT molecular complexity index is 374. The van der Waals surface area contributed by atoms with Crippen LogP contribution in [0.2, 0.25) is 0 Å². The van der Waals surface area contributed by atoms with Gasteiger partial charge in [-0.05, 0) is 44.7 Å². The first kappa shape index (κ1) is 32.0. The molecular weight excluding hydrogens is 458 g/mol. The van der Waals surface area contributed by atoms with Crippen LogP contribution in [0.4, 0.5) is 0 Å². The second-order valence-corrected chi connectivity index (χ2v) is 5.18. The minimum absolute atomic E-state index is 0.119. The van der Waals surface area contributed by atoms with Gasteiger partial charge in [-0.15, -0.1) is 0 Å². The zero-order valence-corrected chi connectivity index (χ0v) is 19.5. The van der Waals surface area contributed by atoms with E-state index in [-0.39, 0.29) is 27.2 Å². The van der Waals surface area contributed by atoms with Crippen LogP contribution in [0.25, 0.3) is 0 Å². The van der Waals surface area contributed by atoms with Gasteiger partial charge in [0.1, 0.15) is 8.96 Å². The highest BCUT2D eigenvalue weighted by atomic mass is 79.9. The lowest BCUT2D eigenvalue weighted by atomic mass is 10.2. The molecule has 1 heterocycles. The maximum Gasteiger partial charge on any atom is 0.303 e. The smallest absolute Gasteiger partial charge is 0.303 e. The summed E-state index contributed by atoms with van der Waals surface area (Å²) in [6.07, 6.45) is 1.97. The minimum Gasteiger partial charge on any atom is -0.481 e. The van der Waals surface area contributed by atoms with Gasteiger partial charge in [-0.2, -0.15) is 0 Å². The Hall–Kier alpha value is -0.730. The molecule has 150 valence electrons. The molecule has 1 rings (SSSR count). The molecule has 6 nitrogen and oxygen atoms in total. The van der Waals surface area contributed by atoms with E-state index >= 15 is 0 Å². The van der Waals surface area contributed by atoms with Crippen LogP contribution < -0.4 is 0 Å². The van der Waals surface area contributed by atoms with Crippen LogP contribution in [0.1, 0.15) is 67.2 Å². The second-order valence-electron chi connectivity index (χ2n) is 3.59. The van der Waals surface area contributed by atoms with Crippen molar-refractivity contribution in [1.82, 2.24) is 4.90 Å². The molecule has 0 aliphatic carbocycles. The number of unbranched alkanes of at least 4 members (excludes halogenated alkanes) is 2. The number of rotatable bonds is 6. The van der Waals surface area contributed by atoms with Gasteiger partial charge in [0.2, 0.25) is 0 Å². The van der Waals surface area contributed by atoms with Gasteiger partial charge in [-0.1, -0.05) is 48.0 Å². The predicted molar refractivity (Wildman–Crippen MR) is 110 cm³/mol. The van der Waals surface area contributed by atoms with Crippen molar-refractivity contribution in [2.45, 2.75) is 67.2 Å². The lowest BCUT2D eigenvalue weighted by Crippen LogP contribution is -2.32. The number of imide groups is 1. The number of nitrogens with zero attached hydrogens (tertiary/aromatic N) is 1. The monoisotopic (exact) mass is 489 g/mol. The molecule has 0 fully saturated rings. The first-order valence-corrected chi connectivity index (χ1v) is 10.1. The van der Waals surface area contributed by atoms with Crippen LogP contribution in [0.5, 0.6) is 0 Å². The number of hydrogen-bond acceptors (Lipinski definition) is 4. The van der Waals surface area contributed by atoms with Crippen LogP contribution in [-0.2, 0) is 14.4 Å². The molecule has 2 N–H and O–H groups in total. The molecular formula is C17H33Br2NO5. The Labute approximate surface area is 168 Å². The zero-order valence-electron chi connectivity index (χ0n) is 16.4. The molecule has 0 aromatic rings. The summed E-state index contributed by atoms with van der Waals surface area (Å²) in [5, 5.41) is 15.4. The summed E-state index contributed by atoms with van der Waals surface area (Å²) in [5.74, 6) is -1.52. The van der Waals surface area contributed by atoms with Crippen molar-refractivity contribution < 1.29 is 24.6 Å². The van der Waals surface area contributed by atoms with Crippen molar-refractivity contribution in [1.29, 1.82) is 0 Å². The topological polar surface area (TPSA) is 94.9 Å². The number of halogens is 2. The Morgan fingerprint density at radius 1 is 0.840 bits per heavy atom. The van der Waals surface area contributed by atoms with E-state index in [9.17, 15) is 14.4 Å². The third-order valence-corrected chi connectivity index (χ3v) is 4.33. The zero-order chi connectivity index (χ0) is 21.0. The van der Waals surface area contributed by atoms with Crippen molar-refractivity contribution in [3.05, 3.63) is 8.96 Å². The Morgan fingerprint density at radius 3 is 1.52 bits per heavy atom. The number of aliphatic hydroxyl groups excluding tert-OH is 1. The van der Waals surface area contributed by atoms with Gasteiger partial charge in [0.05, 0.1) is 0 Å². The predicted octanol–water partition coefficient (Wildman–Crippen LogP) is 4.69. The Balaban J connectivity index is -0.000000241. The van der Waals surface area contributed by atoms with Crippen molar-refractivity contribution in [3.63, 3.8) is 0 Å². The molecule has 2 amide bonds. The normalized spacial score (nSPS) is 11.8. The number of amides is 2. The largest absolute Gasteiger partial charge is 0.481 e. The maximum absolute atomic E-state index is 11.6. The molecule has 0 spiro atoms. The molecule has 1 aliphatic rings. The van der Waals surface area contributed by atoms with Gasteiger partial charge in [-0.25, -0.2) is 0 Å². The fourth-order valence-corrected chi connectivity index (χ4v) is 2.21. The van der Waals surface area contributed by atoms with Crippen LogP contribution in [0, 0.1) is 0 Å². The summed E-state index contributed by atoms with van der Waals surface area (Å²) in [4.78, 5) is 34.6. The molecule has 0 aromatic carbocycles. The van der Waals surface area contributed by atoms with Gasteiger partial charge in [-0.3, -0.25) is 19.3 Å². The SMILES string of the molecule is CC.CC.CC.CO.O=C(O)CCCCCN1C(=O)C(Br)=C(Br)C1=O. The van der Waals surface area contributed by atoms with Crippen molar-refractivity contribution in [2.75, 3.05) is 13.7 Å². The highest BCUT2D eigenvalue weighted by Gasteiger charge is 2.35. The Morgan fingerprint density at radius 2 is 1.20 bits per heavy atom. The van der Waals surface area contributed by atoms with Gasteiger partial charge in [0.15, 0.2) is 0 Å². The number of carbonyl (C=O) groups is 3. The molecule has 1 aliphatic heterocycles. The number of aliphatic carboxylic acids is 1. The highest BCUT2D eigenvalue weighted by Crippen LogP contribution is 2.29. The van der Waals surface area contributed by atoms with E-state index in [0.717, 1.165) is 12.0 Å². The molecule has 8 heteroatoms. The quantitative estimate of drug-likeness (QED) is 0.416. The van der Waals surface area contributed by atoms with E-state index in [1.807, 2.05) is 41.5 Å². The fraction of sp³-hybridized carbons (Fsp3) is 0.706. The minimum atomic E-state index is -0.828. The fourth-order valence-electron chi connectivity index (χ4n) is 1.44. The molecule has 0 saturated carbocycles. The van der Waals surface area contributed by atoms with E-state index < -0.39 is 5.97 Å². The lowest BCUT2D eigenvalue weighted by molar-refractivity contribution is -0.138. The van der Waals surface area contributed by atoms with Crippen LogP contribution in [-0.4, -0.2) is 46.6 Å². The Kier molecular flexibility index (Phi) is 29.8. The summed E-state index contributed by atoms with van der Waals surface area (Å²) in [6, 6.07) is 0. The van der Waals surface area contributed by atoms with E-state index in [1.54, 1.807) is 0 Å². The molecule has 25 heavy (non-hydrogen) atoms. The first-order valence-electron chi connectivity index (χ1n) is 8.53. The highest BCUT2D eigenvalue weighted by molar-refractivity contribution is 9.14. The number of aliphatic hydroxyl groups is 1. The molecule has 0 atom stereocenters. The lowest BCUT2D eigenvalue weighted by Gasteiger charge is -2.13. The molecule has 0 unspecified atom stereocenters. The van der Waals surface area contributed by atoms with Gasteiger partial charge < -0.3 is 10.2 Å². The van der Waals surface area contributed by atoms with Gasteiger partial charge in [0.25, 0.3) is 11.8 Å². The first-order chi connectivity index (χ1) is 11.9. The van der Waals surface area contributed by atoms with Crippen molar-refractivity contribution in [2.24, 2.45) is 0 Å². The maximum atomic E-state index is 11.6. The molecule has 0 radical (unpaired) electrons. The standard InChI is InChI=1S/C10H11Br2NO4.3C2H6.CH4O/c11-7-8(12)10(17)13(9(7)16)5-3-1-2-4-6(14)15;4*1-2/h1-5H2,(H,14,15);3*1-2H3;2H,1H3. The average molecular weight is 491 g/mol. The number of carbonyl (C=O) groups excluding carboxylic acids is 2. The second kappa shape index (κ2) is 23.3. The molecule has 0 bridgehead atoms. The molecule has 0 aromatic heterocycles. The number of hydrogen-bond donors (Lipinski definition) is 2. The van der Waals surface area contributed by atoms with Crippen LogP contribution in [0.3, 0.4) is 0 Å².